The largest absolute Gasteiger partial charge is 2.00 e. The summed E-state index contributed by atoms with van der Waals surface area (Å²) in [6.07, 6.45) is 8.06. The standard InChI is InChI=1S/C8H7N.C2H8OSi.2ClH.Zr/c1-6-2-7-4-9-5-8(7)3-6;1-4(2)3;;;/h2-5H,1H3;3-4H,1-2H3;2*1H;/q;;;;+2/p-2. The molecule has 1 N–H and O–H groups in total. The molecule has 0 aromatic heterocycles. The first-order chi connectivity index (χ1) is 6.09. The summed E-state index contributed by atoms with van der Waals surface area (Å²) in [7, 11) is -1.14. The molecule has 2 aliphatic rings. The summed E-state index contributed by atoms with van der Waals surface area (Å²) in [4.78, 5) is 12.2. The third kappa shape index (κ3) is 7.75. The smallest absolute Gasteiger partial charge is 1.00 e. The molecule has 0 radical (unpaired) electrons. The second-order valence-corrected chi connectivity index (χ2v) is 5.63. The first-order valence-electron chi connectivity index (χ1n) is 4.41. The van der Waals surface area contributed by atoms with Gasteiger partial charge < -0.3 is 29.6 Å². The average Bonchev–Trinajstić information content (AvgIpc) is 2.43. The van der Waals surface area contributed by atoms with Gasteiger partial charge in [0.15, 0.2) is 9.04 Å². The summed E-state index contributed by atoms with van der Waals surface area (Å²) in [6, 6.07) is 0. The third-order valence-electron chi connectivity index (χ3n) is 1.53. The molecule has 2 rings (SSSR count). The van der Waals surface area contributed by atoms with Crippen molar-refractivity contribution in [3.8, 4) is 0 Å². The van der Waals surface area contributed by atoms with E-state index in [1.807, 2.05) is 25.5 Å². The van der Waals surface area contributed by atoms with Gasteiger partial charge in [-0.2, -0.15) is 0 Å². The van der Waals surface area contributed by atoms with Crippen LogP contribution in [0.1, 0.15) is 6.92 Å². The Bertz CT molecular complexity index is 322. The average molecular weight is 355 g/mol. The van der Waals surface area contributed by atoms with Crippen LogP contribution in [-0.2, 0) is 26.2 Å². The van der Waals surface area contributed by atoms with Crippen LogP contribution < -0.4 is 24.8 Å². The Morgan fingerprint density at radius 2 is 1.62 bits per heavy atom. The number of aliphatic imine (C=N–C) groups is 1. The van der Waals surface area contributed by atoms with Crippen molar-refractivity contribution in [1.82, 2.24) is 0 Å². The molecular weight excluding hydrogens is 340 g/mol. The Kier molecular flexibility index (Phi) is 14.5. The number of halogens is 2. The molecule has 0 amide bonds. The summed E-state index contributed by atoms with van der Waals surface area (Å²) in [5.74, 6) is 0. The number of fused-ring (bicyclic) bond motifs is 1. The molecule has 0 unspecified atom stereocenters. The van der Waals surface area contributed by atoms with Crippen LogP contribution in [0.2, 0.25) is 13.1 Å². The molecule has 1 heterocycles. The van der Waals surface area contributed by atoms with Crippen molar-refractivity contribution >= 4 is 15.3 Å². The normalized spacial score (nSPS) is 14.2. The van der Waals surface area contributed by atoms with E-state index in [1.165, 1.54) is 16.7 Å². The number of rotatable bonds is 0. The van der Waals surface area contributed by atoms with E-state index in [9.17, 15) is 0 Å². The van der Waals surface area contributed by atoms with Crippen molar-refractivity contribution in [3.05, 3.63) is 35.1 Å². The predicted molar refractivity (Wildman–Crippen MR) is 59.5 cm³/mol. The molecule has 1 aliphatic carbocycles. The minimum atomic E-state index is -1.14. The van der Waals surface area contributed by atoms with Crippen LogP contribution in [0.5, 0.6) is 0 Å². The van der Waals surface area contributed by atoms with E-state index in [0.29, 0.717) is 0 Å². The number of hydrogen-bond donors (Lipinski definition) is 1. The molecular formula is C10H15Cl2NOSiZr. The van der Waals surface area contributed by atoms with Crippen LogP contribution in [0.3, 0.4) is 0 Å². The van der Waals surface area contributed by atoms with Crippen LogP contribution >= 0.6 is 0 Å². The molecule has 6 heteroatoms. The van der Waals surface area contributed by atoms with Crippen molar-refractivity contribution in [2.45, 2.75) is 20.0 Å². The first-order valence-corrected chi connectivity index (χ1v) is 7.24. The van der Waals surface area contributed by atoms with Gasteiger partial charge in [-0.3, -0.25) is 4.99 Å². The van der Waals surface area contributed by atoms with E-state index in [1.54, 1.807) is 0 Å². The maximum absolute atomic E-state index is 8.19. The summed E-state index contributed by atoms with van der Waals surface area (Å²) in [5, 5.41) is 0. The number of hydrogen-bond acceptors (Lipinski definition) is 2. The van der Waals surface area contributed by atoms with Crippen molar-refractivity contribution in [2.24, 2.45) is 4.99 Å². The maximum atomic E-state index is 8.19. The van der Waals surface area contributed by atoms with Crippen molar-refractivity contribution < 1.29 is 55.8 Å². The predicted octanol–water partition coefficient (Wildman–Crippen LogP) is -4.19. The second-order valence-electron chi connectivity index (χ2n) is 3.44. The molecule has 0 saturated carbocycles. The van der Waals surface area contributed by atoms with Gasteiger partial charge in [0, 0.05) is 23.6 Å². The van der Waals surface area contributed by atoms with Crippen LogP contribution in [0, 0.1) is 0 Å². The van der Waals surface area contributed by atoms with Crippen LogP contribution in [0.4, 0.5) is 0 Å². The summed E-state index contributed by atoms with van der Waals surface area (Å²) in [5.41, 5.74) is 3.84. The van der Waals surface area contributed by atoms with E-state index in [4.69, 9.17) is 4.80 Å². The van der Waals surface area contributed by atoms with E-state index in [0.717, 1.165) is 0 Å². The van der Waals surface area contributed by atoms with E-state index in [2.05, 4.69) is 24.1 Å². The zero-order valence-corrected chi connectivity index (χ0v) is 14.7. The molecule has 0 fully saturated rings. The van der Waals surface area contributed by atoms with Gasteiger partial charge in [-0.05, 0) is 37.7 Å². The molecule has 0 aromatic rings. The van der Waals surface area contributed by atoms with Gasteiger partial charge in [0.25, 0.3) is 0 Å². The molecule has 1 aliphatic heterocycles. The monoisotopic (exact) mass is 353 g/mol. The van der Waals surface area contributed by atoms with Crippen LogP contribution in [0.15, 0.2) is 40.1 Å². The Balaban J connectivity index is -0.000000218. The number of allylic oxidation sites excluding steroid dienone is 5. The summed E-state index contributed by atoms with van der Waals surface area (Å²) < 4.78 is 0. The number of nitrogens with zero attached hydrogens (tertiary/aromatic N) is 1. The first kappa shape index (κ1) is 21.8. The summed E-state index contributed by atoms with van der Waals surface area (Å²) >= 11 is 0. The van der Waals surface area contributed by atoms with Gasteiger partial charge in [0.1, 0.15) is 0 Å². The minimum Gasteiger partial charge on any atom is -1.00 e. The molecule has 16 heavy (non-hydrogen) atoms. The molecule has 0 bridgehead atoms. The quantitative estimate of drug-likeness (QED) is 0.440. The zero-order valence-electron chi connectivity index (χ0n) is 9.54. The molecule has 0 spiro atoms. The molecule has 0 atom stereocenters. The van der Waals surface area contributed by atoms with Crippen molar-refractivity contribution in [3.63, 3.8) is 0 Å². The Hall–Kier alpha value is 0.530. The molecule has 0 aromatic carbocycles. The fraction of sp³-hybridized carbons (Fsp3) is 0.300. The Morgan fingerprint density at radius 3 is 2.06 bits per heavy atom. The molecule has 88 valence electrons. The third-order valence-corrected chi connectivity index (χ3v) is 1.53. The van der Waals surface area contributed by atoms with Gasteiger partial charge in [0.05, 0.1) is 0 Å². The van der Waals surface area contributed by atoms with Gasteiger partial charge in [-0.15, -0.1) is 0 Å². The topological polar surface area (TPSA) is 32.6 Å². The molecule has 2 nitrogen and oxygen atoms in total. The fourth-order valence-corrected chi connectivity index (χ4v) is 1.12. The second kappa shape index (κ2) is 10.7. The maximum Gasteiger partial charge on any atom is 2.00 e. The SMILES string of the molecule is CC1=CC2=CN=CC2=C1.C[SiH](C)O.[Cl-].[Cl-].[Zr+2]. The zero-order chi connectivity index (χ0) is 9.84. The van der Waals surface area contributed by atoms with Gasteiger partial charge in [0.2, 0.25) is 0 Å². The van der Waals surface area contributed by atoms with Gasteiger partial charge in [-0.1, -0.05) is 0 Å². The van der Waals surface area contributed by atoms with Crippen LogP contribution in [-0.4, -0.2) is 20.1 Å². The van der Waals surface area contributed by atoms with E-state index >= 15 is 0 Å². The van der Waals surface area contributed by atoms with Crippen molar-refractivity contribution in [2.75, 3.05) is 0 Å². The van der Waals surface area contributed by atoms with Gasteiger partial charge >= 0.3 is 26.2 Å². The van der Waals surface area contributed by atoms with E-state index in [-0.39, 0.29) is 51.0 Å². The fourth-order valence-electron chi connectivity index (χ4n) is 1.12. The van der Waals surface area contributed by atoms with Crippen LogP contribution in [0.25, 0.3) is 0 Å². The Morgan fingerprint density at radius 1 is 1.12 bits per heavy atom. The Labute approximate surface area is 130 Å². The van der Waals surface area contributed by atoms with Crippen molar-refractivity contribution in [1.29, 1.82) is 0 Å². The molecule has 0 saturated heterocycles. The minimum absolute atomic E-state index is 0. The van der Waals surface area contributed by atoms with E-state index < -0.39 is 9.04 Å². The van der Waals surface area contributed by atoms with Gasteiger partial charge in [-0.25, -0.2) is 0 Å². The summed E-state index contributed by atoms with van der Waals surface area (Å²) in [6.45, 7) is 5.82.